The molecular weight excluding hydrogens is 530 g/mol. The second kappa shape index (κ2) is 10.7. The van der Waals surface area contributed by atoms with Crippen LogP contribution in [0.15, 0.2) is 59.5 Å². The number of nitrogens with zero attached hydrogens (tertiary/aromatic N) is 4. The molecule has 2 aromatic carbocycles. The van der Waals surface area contributed by atoms with Crippen LogP contribution in [-0.2, 0) is 34.1 Å². The smallest absolute Gasteiger partial charge is 0.243 e. The lowest BCUT2D eigenvalue weighted by Crippen LogP contribution is -2.49. The zero-order chi connectivity index (χ0) is 27.0. The Labute approximate surface area is 232 Å². The molecule has 0 saturated carbocycles. The average Bonchev–Trinajstić information content (AvgIpc) is 3.32. The van der Waals surface area contributed by atoms with Crippen LogP contribution >= 0.6 is 11.3 Å². The van der Waals surface area contributed by atoms with E-state index in [0.717, 1.165) is 34.7 Å². The number of aryl methyl sites for hydroxylation is 2. The van der Waals surface area contributed by atoms with Gasteiger partial charge in [-0.15, -0.1) is 11.3 Å². The molecule has 0 radical (unpaired) electrons. The third kappa shape index (κ3) is 5.28. The Morgan fingerprint density at radius 3 is 2.38 bits per heavy atom. The van der Waals surface area contributed by atoms with Crippen LogP contribution in [0.2, 0.25) is 0 Å². The maximum atomic E-state index is 13.4. The number of carbonyl (C=O) groups is 1. The summed E-state index contributed by atoms with van der Waals surface area (Å²) in [6, 6.07) is 16.6. The molecule has 1 aliphatic heterocycles. The fourth-order valence-electron chi connectivity index (χ4n) is 5.47. The number of hydrogen-bond acceptors (Lipinski definition) is 7. The molecule has 6 rings (SSSR count). The highest BCUT2D eigenvalue weighted by Gasteiger charge is 2.31. The first-order chi connectivity index (χ1) is 18.9. The molecule has 202 valence electrons. The highest BCUT2D eigenvalue weighted by atomic mass is 32.2. The Hall–Kier alpha value is -3.34. The van der Waals surface area contributed by atoms with Crippen molar-refractivity contribution in [3.63, 3.8) is 0 Å². The van der Waals surface area contributed by atoms with Crippen LogP contribution in [-0.4, -0.2) is 54.8 Å². The van der Waals surface area contributed by atoms with Crippen LogP contribution in [0.3, 0.4) is 0 Å². The molecule has 0 unspecified atom stereocenters. The quantitative estimate of drug-likeness (QED) is 0.369. The van der Waals surface area contributed by atoms with Gasteiger partial charge in [0.15, 0.2) is 0 Å². The van der Waals surface area contributed by atoms with Crippen molar-refractivity contribution in [2.75, 3.05) is 36.4 Å². The van der Waals surface area contributed by atoms with Gasteiger partial charge in [-0.25, -0.2) is 18.4 Å². The zero-order valence-corrected chi connectivity index (χ0v) is 23.5. The summed E-state index contributed by atoms with van der Waals surface area (Å²) in [5, 5.41) is 3.84. The number of thiophene rings is 1. The number of anilines is 2. The maximum Gasteiger partial charge on any atom is 0.243 e. The van der Waals surface area contributed by atoms with E-state index in [1.54, 1.807) is 39.9 Å². The van der Waals surface area contributed by atoms with Crippen molar-refractivity contribution in [2.45, 2.75) is 43.9 Å². The summed E-state index contributed by atoms with van der Waals surface area (Å²) >= 11 is 1.80. The summed E-state index contributed by atoms with van der Waals surface area (Å²) in [4.78, 5) is 26.3. The van der Waals surface area contributed by atoms with Gasteiger partial charge in [0.05, 0.1) is 10.3 Å². The van der Waals surface area contributed by atoms with Crippen molar-refractivity contribution in [3.8, 4) is 0 Å². The summed E-state index contributed by atoms with van der Waals surface area (Å²) in [7, 11) is -3.64. The van der Waals surface area contributed by atoms with Crippen LogP contribution in [0.25, 0.3) is 10.2 Å². The van der Waals surface area contributed by atoms with Gasteiger partial charge in [-0.2, -0.15) is 4.31 Å². The third-order valence-corrected chi connectivity index (χ3v) is 10.5. The number of amides is 1. The predicted octanol–water partition coefficient (Wildman–Crippen LogP) is 4.63. The van der Waals surface area contributed by atoms with E-state index in [1.165, 1.54) is 35.8 Å². The van der Waals surface area contributed by atoms with Gasteiger partial charge in [-0.1, -0.05) is 30.3 Å². The van der Waals surface area contributed by atoms with E-state index in [-0.39, 0.29) is 10.8 Å². The number of sulfonamides is 1. The van der Waals surface area contributed by atoms with Crippen molar-refractivity contribution < 1.29 is 13.2 Å². The molecule has 2 aromatic heterocycles. The number of nitrogens with one attached hydrogen (secondary N) is 1. The Morgan fingerprint density at radius 1 is 0.949 bits per heavy atom. The van der Waals surface area contributed by atoms with Crippen molar-refractivity contribution >= 4 is 49.0 Å². The minimum Gasteiger partial charge on any atom is -0.353 e. The topological polar surface area (TPSA) is 95.5 Å². The SMILES string of the molecule is CC(=O)Nc1ccc(S(=O)(=O)N2CCN(c3nc(Cc4ccccc4)nc4sc5c(c34)CCCC5)CC2)cc1. The van der Waals surface area contributed by atoms with Gasteiger partial charge in [-0.3, -0.25) is 4.79 Å². The van der Waals surface area contributed by atoms with E-state index in [4.69, 9.17) is 9.97 Å². The minimum absolute atomic E-state index is 0.195. The van der Waals surface area contributed by atoms with Crippen molar-refractivity contribution in [1.82, 2.24) is 14.3 Å². The van der Waals surface area contributed by atoms with Crippen molar-refractivity contribution in [2.24, 2.45) is 0 Å². The molecule has 2 aliphatic rings. The summed E-state index contributed by atoms with van der Waals surface area (Å²) in [6.07, 6.45) is 5.19. The minimum atomic E-state index is -3.64. The van der Waals surface area contributed by atoms with Gasteiger partial charge in [0, 0.05) is 50.1 Å². The Balaban J connectivity index is 1.27. The second-order valence-electron chi connectivity index (χ2n) is 10.1. The molecule has 39 heavy (non-hydrogen) atoms. The van der Waals surface area contributed by atoms with Crippen LogP contribution in [0.4, 0.5) is 11.5 Å². The summed E-state index contributed by atoms with van der Waals surface area (Å²) in [5.41, 5.74) is 3.13. The van der Waals surface area contributed by atoms with Gasteiger partial charge in [0.2, 0.25) is 15.9 Å². The molecule has 10 heteroatoms. The van der Waals surface area contributed by atoms with Crippen molar-refractivity contribution in [1.29, 1.82) is 0 Å². The number of benzene rings is 2. The first kappa shape index (κ1) is 25.9. The van der Waals surface area contributed by atoms with E-state index < -0.39 is 10.0 Å². The number of aromatic nitrogens is 2. The maximum absolute atomic E-state index is 13.4. The Morgan fingerprint density at radius 2 is 1.67 bits per heavy atom. The fourth-order valence-corrected chi connectivity index (χ4v) is 8.17. The molecule has 0 bridgehead atoms. The number of hydrogen-bond donors (Lipinski definition) is 1. The number of fused-ring (bicyclic) bond motifs is 3. The first-order valence-electron chi connectivity index (χ1n) is 13.4. The van der Waals surface area contributed by atoms with Gasteiger partial charge >= 0.3 is 0 Å². The van der Waals surface area contributed by atoms with Gasteiger partial charge in [0.25, 0.3) is 0 Å². The normalized spacial score (nSPS) is 16.3. The standard InChI is InChI=1S/C29H31N5O3S2/c1-20(35)30-22-11-13-23(14-12-22)39(36,37)34-17-15-33(16-18-34)28-27-24-9-5-6-10-25(24)38-29(27)32-26(31-28)19-21-7-3-2-4-8-21/h2-4,7-8,11-14H,5-6,9-10,15-19H2,1H3,(H,30,35). The molecule has 1 N–H and O–H groups in total. The third-order valence-electron chi connectivity index (χ3n) is 7.40. The average molecular weight is 562 g/mol. The van der Waals surface area contributed by atoms with Crippen LogP contribution in [0.1, 0.15) is 41.6 Å². The van der Waals surface area contributed by atoms with E-state index in [0.29, 0.717) is 38.3 Å². The molecular formula is C29H31N5O3S2. The summed E-state index contributed by atoms with van der Waals surface area (Å²) in [5.74, 6) is 1.55. The van der Waals surface area contributed by atoms with E-state index in [2.05, 4.69) is 22.3 Å². The van der Waals surface area contributed by atoms with E-state index >= 15 is 0 Å². The van der Waals surface area contributed by atoms with Gasteiger partial charge in [0.1, 0.15) is 16.5 Å². The molecule has 0 atom stereocenters. The fraction of sp³-hybridized carbons (Fsp3) is 0.345. The van der Waals surface area contributed by atoms with Crippen LogP contribution in [0, 0.1) is 0 Å². The molecule has 1 amide bonds. The Kier molecular flexibility index (Phi) is 7.09. The molecule has 8 nitrogen and oxygen atoms in total. The monoisotopic (exact) mass is 561 g/mol. The highest BCUT2D eigenvalue weighted by Crippen LogP contribution is 2.40. The number of rotatable bonds is 6. The second-order valence-corrected chi connectivity index (χ2v) is 13.1. The predicted molar refractivity (Wildman–Crippen MR) is 155 cm³/mol. The largest absolute Gasteiger partial charge is 0.353 e. The molecule has 1 aliphatic carbocycles. The summed E-state index contributed by atoms with van der Waals surface area (Å²) < 4.78 is 28.3. The summed E-state index contributed by atoms with van der Waals surface area (Å²) in [6.45, 7) is 3.30. The Bertz CT molecular complexity index is 1610. The van der Waals surface area contributed by atoms with E-state index in [9.17, 15) is 13.2 Å². The molecule has 1 fully saturated rings. The molecule has 3 heterocycles. The van der Waals surface area contributed by atoms with Gasteiger partial charge in [-0.05, 0) is 61.1 Å². The lowest BCUT2D eigenvalue weighted by atomic mass is 9.97. The number of carbonyl (C=O) groups excluding carboxylic acids is 1. The van der Waals surface area contributed by atoms with Crippen LogP contribution < -0.4 is 10.2 Å². The highest BCUT2D eigenvalue weighted by molar-refractivity contribution is 7.89. The zero-order valence-electron chi connectivity index (χ0n) is 21.9. The van der Waals surface area contributed by atoms with Gasteiger partial charge < -0.3 is 10.2 Å². The molecule has 1 saturated heterocycles. The first-order valence-corrected chi connectivity index (χ1v) is 15.6. The lowest BCUT2D eigenvalue weighted by molar-refractivity contribution is -0.114. The van der Waals surface area contributed by atoms with Crippen LogP contribution in [0.5, 0.6) is 0 Å². The molecule has 4 aromatic rings. The lowest BCUT2D eigenvalue weighted by Gasteiger charge is -2.35. The number of piperazine rings is 1. The van der Waals surface area contributed by atoms with E-state index in [1.807, 2.05) is 18.2 Å². The van der Waals surface area contributed by atoms with Crippen molar-refractivity contribution in [3.05, 3.63) is 76.4 Å². The molecule has 0 spiro atoms.